The van der Waals surface area contributed by atoms with Gasteiger partial charge in [0, 0.05) is 41.9 Å². The van der Waals surface area contributed by atoms with Crippen LogP contribution < -0.4 is 44.9 Å². The Morgan fingerprint density at radius 3 is 2.19 bits per heavy atom. The van der Waals surface area contributed by atoms with Crippen LogP contribution in [0.2, 0.25) is 5.02 Å². The van der Waals surface area contributed by atoms with Gasteiger partial charge in [-0.25, -0.2) is 0 Å². The Balaban J connectivity index is 0.00000456. The molecule has 1 aromatic heterocycles. The first-order valence-corrected chi connectivity index (χ1v) is 12.4. The third-order valence-electron chi connectivity index (χ3n) is 5.48. The Bertz CT molecular complexity index is 1290. The molecule has 0 fully saturated rings. The van der Waals surface area contributed by atoms with E-state index >= 15 is 0 Å². The van der Waals surface area contributed by atoms with E-state index in [9.17, 15) is 14.7 Å². The van der Waals surface area contributed by atoms with Crippen molar-refractivity contribution in [2.75, 3.05) is 23.3 Å². The number of carbonyl (C=O) groups is 2. The largest absolute Gasteiger partial charge is 1.00 e. The van der Waals surface area contributed by atoms with Gasteiger partial charge in [-0.15, -0.1) is 0 Å². The van der Waals surface area contributed by atoms with E-state index in [1.165, 1.54) is 0 Å². The molecule has 0 unspecified atom stereocenters. The average Bonchev–Trinajstić information content (AvgIpc) is 3.10. The van der Waals surface area contributed by atoms with Gasteiger partial charge < -0.3 is 20.1 Å². The summed E-state index contributed by atoms with van der Waals surface area (Å²) >= 11 is 16.7. The van der Waals surface area contributed by atoms with Crippen LogP contribution in [0.4, 0.5) is 11.4 Å². The van der Waals surface area contributed by atoms with Gasteiger partial charge in [0.15, 0.2) is 9.54 Å². The minimum Gasteiger partial charge on any atom is -0.550 e. The van der Waals surface area contributed by atoms with E-state index in [0.29, 0.717) is 52.6 Å². The maximum atomic E-state index is 12.7. The summed E-state index contributed by atoms with van der Waals surface area (Å²) in [6.07, 6.45) is 1.32. The van der Waals surface area contributed by atoms with Crippen LogP contribution in [0.5, 0.6) is 0 Å². The quantitative estimate of drug-likeness (QED) is 0.245. The zero-order valence-electron chi connectivity index (χ0n) is 20.5. The average molecular weight is 556 g/mol. The number of aromatic nitrogens is 3. The number of benzene rings is 2. The van der Waals surface area contributed by atoms with Crippen LogP contribution in [0.1, 0.15) is 36.8 Å². The summed E-state index contributed by atoms with van der Waals surface area (Å²) in [5.74, 6) is -1.19. The molecule has 0 bridgehead atoms. The molecule has 0 atom stereocenters. The maximum Gasteiger partial charge on any atom is 1.00 e. The van der Waals surface area contributed by atoms with Crippen LogP contribution in [0.3, 0.4) is 0 Å². The Morgan fingerprint density at radius 2 is 1.61 bits per heavy atom. The molecule has 1 amide bonds. The Hall–Kier alpha value is -1.95. The Morgan fingerprint density at radius 1 is 1.03 bits per heavy atom. The van der Waals surface area contributed by atoms with E-state index in [1.807, 2.05) is 38.1 Å². The predicted octanol–water partition coefficient (Wildman–Crippen LogP) is 1.62. The normalized spacial score (nSPS) is 10.5. The number of hydrogen-bond donors (Lipinski definition) is 3. The topological polar surface area (TPSA) is 109 Å². The molecule has 3 rings (SSSR count). The summed E-state index contributed by atoms with van der Waals surface area (Å²) < 4.78 is 2.54. The third kappa shape index (κ3) is 8.29. The maximum absolute atomic E-state index is 12.7. The van der Waals surface area contributed by atoms with Crippen molar-refractivity contribution in [2.45, 2.75) is 39.5 Å². The number of aliphatic carboxylic acids is 1. The number of aryl methyl sites for hydroxylation is 2. The molecule has 8 nitrogen and oxygen atoms in total. The summed E-state index contributed by atoms with van der Waals surface area (Å²) in [6, 6.07) is 11.1. The number of carbonyl (C=O) groups excluding carboxylic acids is 2. The van der Waals surface area contributed by atoms with Crippen LogP contribution in [0.15, 0.2) is 36.4 Å². The number of nitrogens with zero attached hydrogens (tertiary/aromatic N) is 2. The number of anilines is 2. The number of carboxylic acids is 1. The van der Waals surface area contributed by atoms with E-state index < -0.39 is 5.97 Å². The van der Waals surface area contributed by atoms with E-state index in [1.54, 1.807) is 16.7 Å². The first-order chi connectivity index (χ1) is 16.7. The number of amides is 1. The molecule has 0 aliphatic heterocycles. The van der Waals surface area contributed by atoms with Gasteiger partial charge in [-0.2, -0.15) is 0 Å². The molecule has 1 heterocycles. The summed E-state index contributed by atoms with van der Waals surface area (Å²) in [5, 5.41) is 20.1. The molecule has 0 radical (unpaired) electrons. The van der Waals surface area contributed by atoms with Crippen LogP contribution in [0, 0.1) is 23.4 Å². The monoisotopic (exact) mass is 555 g/mol. The molecule has 0 spiro atoms. The van der Waals surface area contributed by atoms with Gasteiger partial charge in [0.1, 0.15) is 0 Å². The molecule has 0 aliphatic rings. The molecule has 36 heavy (non-hydrogen) atoms. The molecule has 0 aliphatic carbocycles. The molecule has 3 aromatic rings. The van der Waals surface area contributed by atoms with Gasteiger partial charge in [-0.1, -0.05) is 17.7 Å². The van der Waals surface area contributed by atoms with Crippen LogP contribution in [0.25, 0.3) is 5.69 Å². The molecule has 0 saturated heterocycles. The fraction of sp³-hybridized carbons (Fsp3) is 0.333. The van der Waals surface area contributed by atoms with E-state index in [0.717, 1.165) is 22.5 Å². The zero-order valence-corrected chi connectivity index (χ0v) is 24.9. The number of hydrogen-bond acceptors (Lipinski definition) is 6. The molecule has 3 N–H and O–H groups in total. The van der Waals surface area contributed by atoms with Crippen molar-refractivity contribution in [2.24, 2.45) is 0 Å². The molecule has 12 heteroatoms. The van der Waals surface area contributed by atoms with Gasteiger partial charge in [-0.05, 0) is 99.0 Å². The minimum absolute atomic E-state index is 0. The third-order valence-corrected chi connectivity index (χ3v) is 6.27. The standard InChI is InChI=1S/C24H28ClN5O3S2.Na/c1-15-12-17(25)13-16(2)22(15)29(11-5-9-21(32)33)10-4-8-20(31)26-18-6-3-7-19(14-18)30-23(34)27-28-24(30)35;/h3,6-7,12-14H,4-5,8-11H2,1-2H3,(H,26,31)(H,27,34)(H,28,35)(H,32,33);/q;+1/p-1. The van der Waals surface area contributed by atoms with Gasteiger partial charge in [0.05, 0.1) is 5.69 Å². The van der Waals surface area contributed by atoms with Crippen LogP contribution in [-0.2, 0) is 9.59 Å². The zero-order chi connectivity index (χ0) is 25.5. The Kier molecular flexibility index (Phi) is 11.9. The molecular formula is C24H27ClN5NaO3S2. The van der Waals surface area contributed by atoms with Gasteiger partial charge in [-0.3, -0.25) is 19.6 Å². The first kappa shape index (κ1) is 30.3. The van der Waals surface area contributed by atoms with Crippen molar-refractivity contribution in [3.63, 3.8) is 0 Å². The van der Waals surface area contributed by atoms with Crippen molar-refractivity contribution in [1.29, 1.82) is 0 Å². The second-order valence-corrected chi connectivity index (χ2v) is 9.46. The van der Waals surface area contributed by atoms with Gasteiger partial charge >= 0.3 is 29.6 Å². The second kappa shape index (κ2) is 14.1. The van der Waals surface area contributed by atoms with Crippen molar-refractivity contribution < 1.29 is 44.3 Å². The summed E-state index contributed by atoms with van der Waals surface area (Å²) in [7, 11) is 0. The van der Waals surface area contributed by atoms with E-state index in [-0.39, 0.29) is 41.9 Å². The van der Waals surface area contributed by atoms with E-state index in [4.69, 9.17) is 36.0 Å². The fourth-order valence-electron chi connectivity index (χ4n) is 4.07. The number of rotatable bonds is 11. The number of halogens is 1. The van der Waals surface area contributed by atoms with Crippen molar-refractivity contribution in [1.82, 2.24) is 14.8 Å². The number of aromatic amines is 2. The molecular weight excluding hydrogens is 529 g/mol. The fourth-order valence-corrected chi connectivity index (χ4v) is 4.95. The molecule has 2 aromatic carbocycles. The van der Waals surface area contributed by atoms with Crippen molar-refractivity contribution >= 4 is 59.3 Å². The minimum atomic E-state index is -1.07. The summed E-state index contributed by atoms with van der Waals surface area (Å²) in [5.41, 5.74) is 4.40. The van der Waals surface area contributed by atoms with Crippen molar-refractivity contribution in [3.05, 3.63) is 62.1 Å². The van der Waals surface area contributed by atoms with Crippen LogP contribution >= 0.6 is 36.0 Å². The summed E-state index contributed by atoms with van der Waals surface area (Å²) in [4.78, 5) is 25.7. The number of nitrogens with one attached hydrogen (secondary N) is 3. The van der Waals surface area contributed by atoms with Gasteiger partial charge in [0.2, 0.25) is 5.91 Å². The SMILES string of the molecule is Cc1cc(Cl)cc(C)c1N(CCCC(=O)[O-])CCCC(=O)Nc1cccc(-n2c(=S)[nH][nH]c2=S)c1.[Na+]. The number of carboxylic acid groups (broad SMARTS) is 1. The Labute approximate surface area is 247 Å². The van der Waals surface area contributed by atoms with Crippen molar-refractivity contribution in [3.8, 4) is 5.69 Å². The first-order valence-electron chi connectivity index (χ1n) is 11.2. The number of H-pyrrole nitrogens is 2. The van der Waals surface area contributed by atoms with E-state index in [2.05, 4.69) is 20.4 Å². The molecule has 186 valence electrons. The summed E-state index contributed by atoms with van der Waals surface area (Å²) in [6.45, 7) is 5.08. The second-order valence-electron chi connectivity index (χ2n) is 8.25. The smallest absolute Gasteiger partial charge is 0.550 e. The van der Waals surface area contributed by atoms with Gasteiger partial charge in [0.25, 0.3) is 0 Å². The molecule has 0 saturated carbocycles. The van der Waals surface area contributed by atoms with Crippen LogP contribution in [-0.4, -0.2) is 39.7 Å². The predicted molar refractivity (Wildman–Crippen MR) is 141 cm³/mol.